The molecule has 1 spiro atoms. The largest absolute Gasteiger partial charge is 0.497 e. The summed E-state index contributed by atoms with van der Waals surface area (Å²) in [6.07, 6.45) is 7.63. The smallest absolute Gasteiger partial charge is 0.318 e. The van der Waals surface area contributed by atoms with E-state index in [0.717, 1.165) is 68.9 Å². The topological polar surface area (TPSA) is 69.8 Å². The maximum atomic E-state index is 13.8. The molecule has 1 aromatic heterocycles. The number of ether oxygens (including phenoxy) is 2. The third kappa shape index (κ3) is 4.65. The van der Waals surface area contributed by atoms with Crippen LogP contribution in [0.25, 0.3) is 10.9 Å². The zero-order valence-corrected chi connectivity index (χ0v) is 21.8. The highest BCUT2D eigenvalue weighted by Crippen LogP contribution is 2.45. The molecule has 3 aromatic rings. The Morgan fingerprint density at radius 1 is 1.08 bits per heavy atom. The number of H-pyrrole nitrogens is 1. The molecular formula is C30H38N4O3. The van der Waals surface area contributed by atoms with Crippen LogP contribution in [0.15, 0.2) is 48.5 Å². The molecule has 7 heteroatoms. The predicted octanol–water partition coefficient (Wildman–Crippen LogP) is 5.06. The Labute approximate surface area is 219 Å². The molecule has 2 aliphatic heterocycles. The van der Waals surface area contributed by atoms with Gasteiger partial charge in [0.2, 0.25) is 0 Å². The molecule has 0 radical (unpaired) electrons. The standard InChI is InChI=1S/C30H38N4O3/c1-36-24-12-13-27-26(20-24)25-14-16-34(29(35)31-22-8-4-2-5-9-22)30(28(25)32-27)15-17-33(21-30)18-19-37-23-10-6-3-7-11-23/h3,6-7,10-13,20,22,32H,2,4-5,8-9,14-19,21H2,1H3,(H,31,35). The Morgan fingerprint density at radius 3 is 2.73 bits per heavy atom. The molecule has 1 aliphatic carbocycles. The van der Waals surface area contributed by atoms with Crippen molar-refractivity contribution in [3.63, 3.8) is 0 Å². The average molecular weight is 503 g/mol. The third-order valence-corrected chi connectivity index (χ3v) is 8.60. The Hall–Kier alpha value is -3.19. The third-order valence-electron chi connectivity index (χ3n) is 8.60. The van der Waals surface area contributed by atoms with Crippen molar-refractivity contribution in [1.82, 2.24) is 20.1 Å². The summed E-state index contributed by atoms with van der Waals surface area (Å²) in [4.78, 5) is 22.1. The van der Waals surface area contributed by atoms with Crippen LogP contribution in [0, 0.1) is 0 Å². The van der Waals surface area contributed by atoms with Crippen molar-refractivity contribution in [3.05, 3.63) is 59.8 Å². The first-order valence-electron chi connectivity index (χ1n) is 13.8. The van der Waals surface area contributed by atoms with Gasteiger partial charge in [0.05, 0.1) is 12.6 Å². The molecule has 2 fully saturated rings. The number of methoxy groups -OCH3 is 1. The summed E-state index contributed by atoms with van der Waals surface area (Å²) in [5.74, 6) is 1.77. The number of hydrogen-bond donors (Lipinski definition) is 2. The van der Waals surface area contributed by atoms with Gasteiger partial charge in [-0.15, -0.1) is 0 Å². The first-order valence-corrected chi connectivity index (χ1v) is 13.8. The van der Waals surface area contributed by atoms with Crippen molar-refractivity contribution >= 4 is 16.9 Å². The van der Waals surface area contributed by atoms with Crippen molar-refractivity contribution in [2.24, 2.45) is 0 Å². The fourth-order valence-corrected chi connectivity index (χ4v) is 6.67. The van der Waals surface area contributed by atoms with Crippen molar-refractivity contribution in [2.75, 3.05) is 39.9 Å². The van der Waals surface area contributed by atoms with Crippen molar-refractivity contribution < 1.29 is 14.3 Å². The number of urea groups is 1. The lowest BCUT2D eigenvalue weighted by atomic mass is 9.84. The van der Waals surface area contributed by atoms with E-state index in [0.29, 0.717) is 12.6 Å². The molecule has 2 aromatic carbocycles. The van der Waals surface area contributed by atoms with Gasteiger partial charge in [0.25, 0.3) is 0 Å². The number of carbonyl (C=O) groups excluding carboxylic acids is 1. The van der Waals surface area contributed by atoms with Gasteiger partial charge in [0.1, 0.15) is 18.1 Å². The second-order valence-electron chi connectivity index (χ2n) is 10.8. The van der Waals surface area contributed by atoms with Crippen LogP contribution in [-0.2, 0) is 12.0 Å². The van der Waals surface area contributed by atoms with Crippen LogP contribution in [-0.4, -0.2) is 66.8 Å². The number of benzene rings is 2. The van der Waals surface area contributed by atoms with E-state index >= 15 is 0 Å². The van der Waals surface area contributed by atoms with Crippen LogP contribution in [0.2, 0.25) is 0 Å². The van der Waals surface area contributed by atoms with Gasteiger partial charge in [-0.3, -0.25) is 4.90 Å². The van der Waals surface area contributed by atoms with Gasteiger partial charge in [-0.05, 0) is 61.6 Å². The van der Waals surface area contributed by atoms with E-state index in [4.69, 9.17) is 9.47 Å². The number of likely N-dealkylation sites (tertiary alicyclic amines) is 1. The Balaban J connectivity index is 1.27. The molecule has 196 valence electrons. The average Bonchev–Trinajstić information content (AvgIpc) is 3.52. The number of aromatic amines is 1. The Morgan fingerprint density at radius 2 is 1.92 bits per heavy atom. The minimum Gasteiger partial charge on any atom is -0.497 e. The summed E-state index contributed by atoms with van der Waals surface area (Å²) in [6, 6.07) is 16.6. The molecule has 1 unspecified atom stereocenters. The number of nitrogens with zero attached hydrogens (tertiary/aromatic N) is 2. The lowest BCUT2D eigenvalue weighted by Crippen LogP contribution is -2.59. The maximum absolute atomic E-state index is 13.8. The van der Waals surface area contributed by atoms with Gasteiger partial charge in [-0.25, -0.2) is 4.79 Å². The van der Waals surface area contributed by atoms with Gasteiger partial charge in [-0.2, -0.15) is 0 Å². The van der Waals surface area contributed by atoms with E-state index in [1.807, 2.05) is 36.4 Å². The Bertz CT molecular complexity index is 1240. The van der Waals surface area contributed by atoms with Gasteiger partial charge < -0.3 is 24.7 Å². The van der Waals surface area contributed by atoms with E-state index < -0.39 is 0 Å². The fraction of sp³-hybridized carbons (Fsp3) is 0.500. The molecule has 1 saturated heterocycles. The minimum absolute atomic E-state index is 0.0937. The fourth-order valence-electron chi connectivity index (χ4n) is 6.67. The van der Waals surface area contributed by atoms with Gasteiger partial charge >= 0.3 is 6.03 Å². The molecular weight excluding hydrogens is 464 g/mol. The molecule has 3 aliphatic rings. The molecule has 6 rings (SSSR count). The molecule has 1 saturated carbocycles. The molecule has 1 atom stereocenters. The lowest BCUT2D eigenvalue weighted by Gasteiger charge is -2.45. The summed E-state index contributed by atoms with van der Waals surface area (Å²) >= 11 is 0. The molecule has 2 amide bonds. The van der Waals surface area contributed by atoms with Crippen molar-refractivity contribution in [1.29, 1.82) is 0 Å². The number of para-hydroxylation sites is 1. The highest BCUT2D eigenvalue weighted by Gasteiger charge is 2.51. The van der Waals surface area contributed by atoms with Crippen LogP contribution in [0.3, 0.4) is 0 Å². The highest BCUT2D eigenvalue weighted by atomic mass is 16.5. The van der Waals surface area contributed by atoms with E-state index in [1.54, 1.807) is 7.11 Å². The normalized spacial score (nSPS) is 22.4. The van der Waals surface area contributed by atoms with Crippen LogP contribution in [0.1, 0.15) is 49.8 Å². The number of hydrogen-bond acceptors (Lipinski definition) is 4. The number of aromatic nitrogens is 1. The minimum atomic E-state index is -0.370. The van der Waals surface area contributed by atoms with Gasteiger partial charge in [0, 0.05) is 48.8 Å². The molecule has 37 heavy (non-hydrogen) atoms. The Kier molecular flexibility index (Phi) is 6.72. The summed E-state index contributed by atoms with van der Waals surface area (Å²) in [6.45, 7) is 3.93. The van der Waals surface area contributed by atoms with E-state index in [2.05, 4.69) is 32.2 Å². The molecule has 2 N–H and O–H groups in total. The van der Waals surface area contributed by atoms with Crippen LogP contribution >= 0.6 is 0 Å². The summed E-state index contributed by atoms with van der Waals surface area (Å²) < 4.78 is 11.5. The molecule has 7 nitrogen and oxygen atoms in total. The summed E-state index contributed by atoms with van der Waals surface area (Å²) in [5, 5.41) is 4.63. The predicted molar refractivity (Wildman–Crippen MR) is 145 cm³/mol. The number of rotatable bonds is 6. The van der Waals surface area contributed by atoms with Gasteiger partial charge in [-0.1, -0.05) is 37.5 Å². The van der Waals surface area contributed by atoms with E-state index in [1.165, 1.54) is 35.9 Å². The number of nitrogens with one attached hydrogen (secondary N) is 2. The quantitative estimate of drug-likeness (QED) is 0.495. The van der Waals surface area contributed by atoms with Crippen LogP contribution in [0.4, 0.5) is 4.79 Å². The second kappa shape index (κ2) is 10.3. The van der Waals surface area contributed by atoms with E-state index in [9.17, 15) is 4.79 Å². The second-order valence-corrected chi connectivity index (χ2v) is 10.8. The monoisotopic (exact) mass is 502 g/mol. The van der Waals surface area contributed by atoms with E-state index in [-0.39, 0.29) is 11.6 Å². The SMILES string of the molecule is COc1ccc2[nH]c3c(c2c1)CCN(C(=O)NC1CCCCC1)C31CCN(CCOc2ccccc2)C1. The number of fused-ring (bicyclic) bond motifs is 4. The summed E-state index contributed by atoms with van der Waals surface area (Å²) in [5.41, 5.74) is 3.28. The first-order chi connectivity index (χ1) is 18.2. The molecule has 3 heterocycles. The highest BCUT2D eigenvalue weighted by molar-refractivity contribution is 5.88. The molecule has 0 bridgehead atoms. The zero-order chi connectivity index (χ0) is 25.2. The van der Waals surface area contributed by atoms with Crippen LogP contribution < -0.4 is 14.8 Å². The lowest BCUT2D eigenvalue weighted by molar-refractivity contribution is 0.0956. The summed E-state index contributed by atoms with van der Waals surface area (Å²) in [7, 11) is 1.71. The first kappa shape index (κ1) is 24.2. The van der Waals surface area contributed by atoms with Crippen LogP contribution in [0.5, 0.6) is 11.5 Å². The van der Waals surface area contributed by atoms with Gasteiger partial charge in [0.15, 0.2) is 0 Å². The zero-order valence-electron chi connectivity index (χ0n) is 21.8. The van der Waals surface area contributed by atoms with Crippen molar-refractivity contribution in [3.8, 4) is 11.5 Å². The van der Waals surface area contributed by atoms with Crippen molar-refractivity contribution in [2.45, 2.75) is 56.5 Å². The number of carbonyl (C=O) groups is 1. The number of amides is 2. The maximum Gasteiger partial charge on any atom is 0.318 e.